The maximum absolute atomic E-state index is 13.5. The molecule has 0 saturated carbocycles. The molecule has 3 aromatic rings. The van der Waals surface area contributed by atoms with Crippen LogP contribution in [0.3, 0.4) is 0 Å². The van der Waals surface area contributed by atoms with Gasteiger partial charge in [0.15, 0.2) is 5.58 Å². The Hall–Kier alpha value is -2.93. The quantitative estimate of drug-likeness (QED) is 0.723. The van der Waals surface area contributed by atoms with Crippen molar-refractivity contribution in [2.45, 2.75) is 19.0 Å². The molecule has 0 aliphatic carbocycles. The van der Waals surface area contributed by atoms with E-state index in [1.807, 2.05) is 25.1 Å². The van der Waals surface area contributed by atoms with Gasteiger partial charge in [-0.2, -0.15) is 0 Å². The van der Waals surface area contributed by atoms with Crippen molar-refractivity contribution in [3.63, 3.8) is 0 Å². The molecule has 2 aromatic carbocycles. The van der Waals surface area contributed by atoms with Crippen molar-refractivity contribution in [3.05, 3.63) is 70.5 Å². The smallest absolute Gasteiger partial charge is 0.408 e. The number of para-hydroxylation sites is 2. The predicted molar refractivity (Wildman–Crippen MR) is 101 cm³/mol. The Morgan fingerprint density at radius 2 is 1.96 bits per heavy atom. The van der Waals surface area contributed by atoms with E-state index in [-0.39, 0.29) is 24.3 Å². The van der Waals surface area contributed by atoms with Gasteiger partial charge in [0.25, 0.3) is 0 Å². The van der Waals surface area contributed by atoms with Crippen molar-refractivity contribution in [2.24, 2.45) is 0 Å². The fourth-order valence-electron chi connectivity index (χ4n) is 3.13. The molecule has 1 aromatic heterocycles. The van der Waals surface area contributed by atoms with Gasteiger partial charge >= 0.3 is 5.76 Å². The monoisotopic (exact) mass is 371 g/mol. The first-order valence-corrected chi connectivity index (χ1v) is 8.68. The molecule has 1 N–H and O–H groups in total. The number of rotatable bonds is 6. The summed E-state index contributed by atoms with van der Waals surface area (Å²) in [7, 11) is 3.72. The van der Waals surface area contributed by atoms with Crippen molar-refractivity contribution < 1.29 is 13.6 Å². The lowest BCUT2D eigenvalue weighted by Gasteiger charge is -2.26. The summed E-state index contributed by atoms with van der Waals surface area (Å²) in [4.78, 5) is 26.7. The number of hydrogen-bond donors (Lipinski definition) is 1. The number of hydrogen-bond acceptors (Lipinski definition) is 4. The number of aromatic nitrogens is 1. The summed E-state index contributed by atoms with van der Waals surface area (Å²) < 4.78 is 20.1. The Balaban J connectivity index is 1.77. The highest BCUT2D eigenvalue weighted by Gasteiger charge is 2.23. The SMILES string of the molecule is CC(C(=O)NCC(c1cccc(F)c1)N(C)C)n1c(=O)oc2ccccc21. The summed E-state index contributed by atoms with van der Waals surface area (Å²) in [5, 5.41) is 2.86. The zero-order valence-electron chi connectivity index (χ0n) is 15.5. The summed E-state index contributed by atoms with van der Waals surface area (Å²) in [6.45, 7) is 1.93. The minimum Gasteiger partial charge on any atom is -0.408 e. The van der Waals surface area contributed by atoms with E-state index in [0.29, 0.717) is 11.1 Å². The number of likely N-dealkylation sites (N-methyl/N-ethyl adjacent to an activating group) is 1. The van der Waals surface area contributed by atoms with Crippen molar-refractivity contribution in [1.82, 2.24) is 14.8 Å². The molecule has 0 fully saturated rings. The molecule has 1 amide bonds. The molecular formula is C20H22FN3O3. The van der Waals surface area contributed by atoms with Crippen LogP contribution in [0.4, 0.5) is 4.39 Å². The maximum Gasteiger partial charge on any atom is 0.420 e. The van der Waals surface area contributed by atoms with Crippen LogP contribution in [0.25, 0.3) is 11.1 Å². The molecule has 0 saturated heterocycles. The van der Waals surface area contributed by atoms with Crippen LogP contribution in [-0.4, -0.2) is 36.0 Å². The zero-order chi connectivity index (χ0) is 19.6. The summed E-state index contributed by atoms with van der Waals surface area (Å²) in [5.41, 5.74) is 1.77. The van der Waals surface area contributed by atoms with Gasteiger partial charge < -0.3 is 14.6 Å². The van der Waals surface area contributed by atoms with Crippen molar-refractivity contribution >= 4 is 17.0 Å². The van der Waals surface area contributed by atoms with Gasteiger partial charge in [-0.25, -0.2) is 9.18 Å². The van der Waals surface area contributed by atoms with Crippen LogP contribution in [0.5, 0.6) is 0 Å². The molecule has 0 radical (unpaired) electrons. The number of amides is 1. The summed E-state index contributed by atoms with van der Waals surface area (Å²) in [6.07, 6.45) is 0. The molecule has 2 atom stereocenters. The molecule has 2 unspecified atom stereocenters. The Morgan fingerprint density at radius 3 is 2.67 bits per heavy atom. The van der Waals surface area contributed by atoms with Gasteiger partial charge in [0, 0.05) is 6.54 Å². The predicted octanol–water partition coefficient (Wildman–Crippen LogP) is 2.71. The van der Waals surface area contributed by atoms with Crippen molar-refractivity contribution in [3.8, 4) is 0 Å². The van der Waals surface area contributed by atoms with Gasteiger partial charge in [-0.05, 0) is 50.8 Å². The maximum atomic E-state index is 13.5. The van der Waals surface area contributed by atoms with Gasteiger partial charge in [0.05, 0.1) is 11.6 Å². The standard InChI is InChI=1S/C20H22FN3O3/c1-13(24-16-9-4-5-10-18(16)27-20(24)26)19(25)22-12-17(23(2)3)14-7-6-8-15(21)11-14/h4-11,13,17H,12H2,1-3H3,(H,22,25). The van der Waals surface area contributed by atoms with Crippen LogP contribution >= 0.6 is 0 Å². The molecule has 3 rings (SSSR count). The minimum absolute atomic E-state index is 0.199. The van der Waals surface area contributed by atoms with Gasteiger partial charge in [0.2, 0.25) is 5.91 Å². The second kappa shape index (κ2) is 7.75. The highest BCUT2D eigenvalue weighted by Crippen LogP contribution is 2.20. The van der Waals surface area contributed by atoms with E-state index in [4.69, 9.17) is 4.42 Å². The Morgan fingerprint density at radius 1 is 1.22 bits per heavy atom. The molecule has 0 bridgehead atoms. The summed E-state index contributed by atoms with van der Waals surface area (Å²) in [6, 6.07) is 12.3. The molecule has 1 heterocycles. The second-order valence-corrected chi connectivity index (χ2v) is 6.66. The van der Waals surface area contributed by atoms with E-state index in [1.165, 1.54) is 16.7 Å². The largest absolute Gasteiger partial charge is 0.420 e. The lowest BCUT2D eigenvalue weighted by atomic mass is 10.1. The summed E-state index contributed by atoms with van der Waals surface area (Å²) in [5.74, 6) is -1.21. The molecule has 6 nitrogen and oxygen atoms in total. The van der Waals surface area contributed by atoms with E-state index in [2.05, 4.69) is 5.32 Å². The third-order valence-corrected chi connectivity index (χ3v) is 4.61. The highest BCUT2D eigenvalue weighted by atomic mass is 19.1. The highest BCUT2D eigenvalue weighted by molar-refractivity contribution is 5.82. The molecule has 0 spiro atoms. The molecule has 0 aliphatic rings. The van der Waals surface area contributed by atoms with Crippen LogP contribution in [0.1, 0.15) is 24.6 Å². The number of halogens is 1. The van der Waals surface area contributed by atoms with E-state index in [9.17, 15) is 14.0 Å². The van der Waals surface area contributed by atoms with Crippen LogP contribution in [-0.2, 0) is 4.79 Å². The third-order valence-electron chi connectivity index (χ3n) is 4.61. The van der Waals surface area contributed by atoms with Crippen LogP contribution in [0.2, 0.25) is 0 Å². The average Bonchev–Trinajstić information content (AvgIpc) is 2.96. The van der Waals surface area contributed by atoms with Gasteiger partial charge in [0.1, 0.15) is 11.9 Å². The topological polar surface area (TPSA) is 67.5 Å². The lowest BCUT2D eigenvalue weighted by Crippen LogP contribution is -2.39. The van der Waals surface area contributed by atoms with Crippen LogP contribution in [0.15, 0.2) is 57.7 Å². The van der Waals surface area contributed by atoms with Crippen molar-refractivity contribution in [1.29, 1.82) is 0 Å². The molecule has 7 heteroatoms. The van der Waals surface area contributed by atoms with Gasteiger partial charge in [-0.3, -0.25) is 9.36 Å². The Bertz CT molecular complexity index is 1010. The van der Waals surface area contributed by atoms with E-state index in [0.717, 1.165) is 5.56 Å². The first kappa shape index (κ1) is 18.8. The van der Waals surface area contributed by atoms with E-state index >= 15 is 0 Å². The Kier molecular flexibility index (Phi) is 5.41. The minimum atomic E-state index is -0.739. The van der Waals surface area contributed by atoms with E-state index < -0.39 is 11.8 Å². The van der Waals surface area contributed by atoms with Crippen molar-refractivity contribution in [2.75, 3.05) is 20.6 Å². The number of fused-ring (bicyclic) bond motifs is 1. The number of benzene rings is 2. The van der Waals surface area contributed by atoms with Gasteiger partial charge in [-0.15, -0.1) is 0 Å². The molecule has 0 aliphatic heterocycles. The second-order valence-electron chi connectivity index (χ2n) is 6.66. The molecule has 27 heavy (non-hydrogen) atoms. The molecule has 142 valence electrons. The number of carbonyl (C=O) groups is 1. The fourth-order valence-corrected chi connectivity index (χ4v) is 3.13. The van der Waals surface area contributed by atoms with Crippen LogP contribution < -0.4 is 11.1 Å². The normalized spacial score (nSPS) is 13.7. The zero-order valence-corrected chi connectivity index (χ0v) is 15.5. The van der Waals surface area contributed by atoms with E-state index in [1.54, 1.807) is 37.3 Å². The summed E-state index contributed by atoms with van der Waals surface area (Å²) >= 11 is 0. The molecular weight excluding hydrogens is 349 g/mol. The number of oxazole rings is 1. The first-order valence-electron chi connectivity index (χ1n) is 8.68. The average molecular weight is 371 g/mol. The Labute approximate surface area is 156 Å². The van der Waals surface area contributed by atoms with Crippen LogP contribution in [0, 0.1) is 5.82 Å². The first-order chi connectivity index (χ1) is 12.9. The fraction of sp³-hybridized carbons (Fsp3) is 0.300. The lowest BCUT2D eigenvalue weighted by molar-refractivity contribution is -0.124. The number of nitrogens with one attached hydrogen (secondary N) is 1. The third kappa shape index (κ3) is 3.93. The number of nitrogens with zero attached hydrogens (tertiary/aromatic N) is 2. The number of carbonyl (C=O) groups excluding carboxylic acids is 1. The van der Waals surface area contributed by atoms with Gasteiger partial charge in [-0.1, -0.05) is 24.3 Å².